The second kappa shape index (κ2) is 8.53. The molecule has 2 aromatic heterocycles. The van der Waals surface area contributed by atoms with E-state index in [1.807, 2.05) is 30.1 Å². The highest BCUT2D eigenvalue weighted by Gasteiger charge is 2.53. The van der Waals surface area contributed by atoms with Gasteiger partial charge in [0.1, 0.15) is 18.0 Å². The van der Waals surface area contributed by atoms with Gasteiger partial charge >= 0.3 is 0 Å². The highest BCUT2D eigenvalue weighted by molar-refractivity contribution is 7.86. The van der Waals surface area contributed by atoms with Crippen molar-refractivity contribution in [2.24, 2.45) is 5.16 Å². The summed E-state index contributed by atoms with van der Waals surface area (Å²) in [5.41, 5.74) is 3.41. The highest BCUT2D eigenvalue weighted by Crippen LogP contribution is 2.41. The number of aromatic nitrogens is 2. The molecule has 0 N–H and O–H groups in total. The number of amidine groups is 1. The van der Waals surface area contributed by atoms with Crippen LogP contribution in [0.5, 0.6) is 0 Å². The first-order valence-corrected chi connectivity index (χ1v) is 14.3. The summed E-state index contributed by atoms with van der Waals surface area (Å²) in [5, 5.41) is 7.57. The fourth-order valence-corrected chi connectivity index (χ4v) is 7.63. The maximum absolute atomic E-state index is 13.6. The SMILES string of the molecule is Cc1cn(-c2ccc(/C=C3\OC4(CN5C3=NOCC5c3ccc(F)cc3)CS(=O)C4)c3ccsc23)cn1. The van der Waals surface area contributed by atoms with Crippen LogP contribution in [0.1, 0.15) is 22.9 Å². The largest absolute Gasteiger partial charge is 0.479 e. The molecule has 5 heterocycles. The van der Waals surface area contributed by atoms with Crippen LogP contribution in [0.15, 0.2) is 71.3 Å². The molecule has 7 rings (SSSR count). The van der Waals surface area contributed by atoms with Crippen LogP contribution in [0.2, 0.25) is 0 Å². The van der Waals surface area contributed by atoms with Crippen molar-refractivity contribution in [3.05, 3.63) is 88.8 Å². The first kappa shape index (κ1) is 22.7. The fraction of sp³-hybridized carbons (Fsp3) is 0.259. The van der Waals surface area contributed by atoms with Crippen LogP contribution in [-0.4, -0.2) is 54.8 Å². The Labute approximate surface area is 219 Å². The molecule has 10 heteroatoms. The number of morpholine rings is 1. The zero-order valence-electron chi connectivity index (χ0n) is 20.0. The number of oxime groups is 1. The number of aryl methyl sites for hydroxylation is 1. The van der Waals surface area contributed by atoms with Crippen molar-refractivity contribution in [2.75, 3.05) is 24.7 Å². The number of hydrogen-bond donors (Lipinski definition) is 0. The minimum absolute atomic E-state index is 0.153. The van der Waals surface area contributed by atoms with E-state index in [-0.39, 0.29) is 11.9 Å². The maximum Gasteiger partial charge on any atom is 0.211 e. The van der Waals surface area contributed by atoms with E-state index in [1.54, 1.807) is 23.5 Å². The molecule has 1 atom stereocenters. The number of halogens is 1. The fourth-order valence-electron chi connectivity index (χ4n) is 5.29. The van der Waals surface area contributed by atoms with Crippen molar-refractivity contribution in [2.45, 2.75) is 18.6 Å². The number of benzene rings is 2. The van der Waals surface area contributed by atoms with E-state index in [2.05, 4.69) is 38.6 Å². The number of rotatable bonds is 3. The number of thiophene rings is 1. The minimum atomic E-state index is -0.906. The van der Waals surface area contributed by atoms with Crippen molar-refractivity contribution in [1.82, 2.24) is 14.5 Å². The first-order chi connectivity index (χ1) is 18.0. The van der Waals surface area contributed by atoms with E-state index in [9.17, 15) is 8.60 Å². The van der Waals surface area contributed by atoms with E-state index >= 15 is 0 Å². The molecule has 0 saturated carbocycles. The van der Waals surface area contributed by atoms with Gasteiger partial charge in [-0.3, -0.25) is 4.21 Å². The van der Waals surface area contributed by atoms with Crippen LogP contribution >= 0.6 is 11.3 Å². The number of nitrogens with zero attached hydrogens (tertiary/aromatic N) is 4. The van der Waals surface area contributed by atoms with Gasteiger partial charge < -0.3 is 19.0 Å². The summed E-state index contributed by atoms with van der Waals surface area (Å²) in [7, 11) is -0.906. The predicted octanol–water partition coefficient (Wildman–Crippen LogP) is 4.79. The highest BCUT2D eigenvalue weighted by atomic mass is 32.2. The smallest absolute Gasteiger partial charge is 0.211 e. The lowest BCUT2D eigenvalue weighted by atomic mass is 9.98. The van der Waals surface area contributed by atoms with Gasteiger partial charge in [-0.2, -0.15) is 0 Å². The van der Waals surface area contributed by atoms with Crippen LogP contribution in [0.3, 0.4) is 0 Å². The standard InChI is InChI=1S/C27H23FN4O3S2/c1-17-11-31(16-29-17)22-7-4-19(21-8-9-36-25(21)22)10-24-26-30-34-12-23(18-2-5-20(28)6-3-18)32(26)13-27(35-24)14-37(33)15-27/h2-11,16,23H,12-15H2,1H3/b24-10-. The van der Waals surface area contributed by atoms with Crippen LogP contribution < -0.4 is 0 Å². The Kier molecular flexibility index (Phi) is 5.23. The lowest BCUT2D eigenvalue weighted by molar-refractivity contribution is -0.0370. The summed E-state index contributed by atoms with van der Waals surface area (Å²) >= 11 is 1.68. The first-order valence-electron chi connectivity index (χ1n) is 12.0. The summed E-state index contributed by atoms with van der Waals surface area (Å²) in [4.78, 5) is 12.2. The number of imidazole rings is 1. The van der Waals surface area contributed by atoms with E-state index in [0.29, 0.717) is 36.3 Å². The number of hydrogen-bond acceptors (Lipinski definition) is 7. The third-order valence-corrected chi connectivity index (χ3v) is 9.68. The molecule has 1 unspecified atom stereocenters. The van der Waals surface area contributed by atoms with Gasteiger partial charge in [-0.1, -0.05) is 23.4 Å². The van der Waals surface area contributed by atoms with Gasteiger partial charge in [0.05, 0.1) is 46.5 Å². The van der Waals surface area contributed by atoms with Crippen molar-refractivity contribution in [3.8, 4) is 5.69 Å². The van der Waals surface area contributed by atoms with E-state index < -0.39 is 16.4 Å². The van der Waals surface area contributed by atoms with Crippen LogP contribution in [0.4, 0.5) is 4.39 Å². The number of fused-ring (bicyclic) bond motifs is 2. The maximum atomic E-state index is 13.6. The van der Waals surface area contributed by atoms with E-state index in [1.165, 1.54) is 12.1 Å². The summed E-state index contributed by atoms with van der Waals surface area (Å²) in [6.45, 7) is 2.87. The molecule has 2 fully saturated rings. The second-order valence-electron chi connectivity index (χ2n) is 9.69. The molecule has 1 spiro atoms. The Morgan fingerprint density at radius 3 is 2.78 bits per heavy atom. The van der Waals surface area contributed by atoms with Gasteiger partial charge in [-0.05, 0) is 53.8 Å². The lowest BCUT2D eigenvalue weighted by Crippen LogP contribution is -2.65. The summed E-state index contributed by atoms with van der Waals surface area (Å²) in [6, 6.07) is 12.6. The second-order valence-corrected chi connectivity index (χ2v) is 12.1. The Morgan fingerprint density at radius 1 is 1.19 bits per heavy atom. The average Bonchev–Trinajstić information content (AvgIpc) is 3.53. The molecule has 3 aliphatic rings. The van der Waals surface area contributed by atoms with Crippen molar-refractivity contribution >= 4 is 44.1 Å². The molecule has 0 bridgehead atoms. The Morgan fingerprint density at radius 2 is 2.03 bits per heavy atom. The predicted molar refractivity (Wildman–Crippen MR) is 143 cm³/mol. The van der Waals surface area contributed by atoms with Gasteiger partial charge in [-0.25, -0.2) is 9.37 Å². The third-order valence-electron chi connectivity index (χ3n) is 7.05. The summed E-state index contributed by atoms with van der Waals surface area (Å²) < 4.78 is 35.5. The zero-order chi connectivity index (χ0) is 25.1. The molecule has 3 aliphatic heterocycles. The Balaban J connectivity index is 1.31. The minimum Gasteiger partial charge on any atom is -0.479 e. The molecule has 0 radical (unpaired) electrons. The Hall–Kier alpha value is -3.50. The van der Waals surface area contributed by atoms with E-state index in [0.717, 1.165) is 32.6 Å². The van der Waals surface area contributed by atoms with Crippen LogP contribution in [0, 0.1) is 12.7 Å². The average molecular weight is 535 g/mol. The molecule has 2 aromatic carbocycles. The quantitative estimate of drug-likeness (QED) is 0.378. The molecule has 188 valence electrons. The zero-order valence-corrected chi connectivity index (χ0v) is 21.6. The van der Waals surface area contributed by atoms with Gasteiger partial charge in [0.2, 0.25) is 5.84 Å². The normalized spacial score (nSPS) is 25.9. The monoisotopic (exact) mass is 534 g/mol. The molecule has 37 heavy (non-hydrogen) atoms. The summed E-state index contributed by atoms with van der Waals surface area (Å²) in [5.74, 6) is 1.85. The lowest BCUT2D eigenvalue weighted by Gasteiger charge is -2.51. The molecule has 0 aliphatic carbocycles. The Bertz CT molecular complexity index is 1600. The topological polar surface area (TPSA) is 68.9 Å². The van der Waals surface area contributed by atoms with E-state index in [4.69, 9.17) is 9.57 Å². The van der Waals surface area contributed by atoms with Crippen LogP contribution in [0.25, 0.3) is 21.8 Å². The van der Waals surface area contributed by atoms with Crippen LogP contribution in [-0.2, 0) is 20.4 Å². The van der Waals surface area contributed by atoms with Gasteiger partial charge in [-0.15, -0.1) is 11.3 Å². The molecule has 7 nitrogen and oxygen atoms in total. The molecule has 0 amide bonds. The number of ether oxygens (including phenoxy) is 1. The molecular weight excluding hydrogens is 511 g/mol. The van der Waals surface area contributed by atoms with Gasteiger partial charge in [0.15, 0.2) is 5.76 Å². The van der Waals surface area contributed by atoms with Gasteiger partial charge in [0, 0.05) is 22.4 Å². The molecule has 4 aromatic rings. The van der Waals surface area contributed by atoms with Gasteiger partial charge in [0.25, 0.3) is 0 Å². The summed E-state index contributed by atoms with van der Waals surface area (Å²) in [6.07, 6.45) is 5.84. The van der Waals surface area contributed by atoms with Crippen molar-refractivity contribution in [1.29, 1.82) is 0 Å². The third kappa shape index (κ3) is 3.86. The van der Waals surface area contributed by atoms with Crippen molar-refractivity contribution < 1.29 is 18.2 Å². The van der Waals surface area contributed by atoms with Crippen molar-refractivity contribution in [3.63, 3.8) is 0 Å². The molecular formula is C27H23FN4O3S2. The molecule has 2 saturated heterocycles.